The number of benzene rings is 1. The van der Waals surface area contributed by atoms with Crippen molar-refractivity contribution < 1.29 is 5.11 Å². The second-order valence-corrected chi connectivity index (χ2v) is 7.03. The first-order valence-electron chi connectivity index (χ1n) is 8.63. The first kappa shape index (κ1) is 16.4. The minimum absolute atomic E-state index is 0.275. The van der Waals surface area contributed by atoms with Crippen LogP contribution in [0.15, 0.2) is 24.3 Å². The molecule has 2 nitrogen and oxygen atoms in total. The van der Waals surface area contributed by atoms with E-state index in [9.17, 15) is 0 Å². The Balaban J connectivity index is 1.88. The Morgan fingerprint density at radius 3 is 2.90 bits per heavy atom. The zero-order valence-corrected chi connectivity index (χ0v) is 13.6. The van der Waals surface area contributed by atoms with Crippen LogP contribution >= 0.6 is 0 Å². The van der Waals surface area contributed by atoms with Crippen molar-refractivity contribution in [2.45, 2.75) is 64.8 Å². The molecule has 2 atom stereocenters. The number of rotatable bonds is 7. The summed E-state index contributed by atoms with van der Waals surface area (Å²) in [6.45, 7) is 4.94. The first-order chi connectivity index (χ1) is 10.2. The van der Waals surface area contributed by atoms with Crippen LogP contribution < -0.4 is 5.32 Å². The molecule has 0 amide bonds. The minimum atomic E-state index is 0.275. The smallest absolute Gasteiger partial charge is 0.0434 e. The van der Waals surface area contributed by atoms with Gasteiger partial charge in [-0.2, -0.15) is 0 Å². The topological polar surface area (TPSA) is 32.3 Å². The van der Waals surface area contributed by atoms with Crippen LogP contribution in [0.3, 0.4) is 0 Å². The second kappa shape index (κ2) is 8.43. The van der Waals surface area contributed by atoms with Gasteiger partial charge in [-0.25, -0.2) is 0 Å². The van der Waals surface area contributed by atoms with Crippen molar-refractivity contribution >= 4 is 5.69 Å². The van der Waals surface area contributed by atoms with Crippen LogP contribution in [0.5, 0.6) is 0 Å². The molecule has 21 heavy (non-hydrogen) atoms. The predicted molar refractivity (Wildman–Crippen MR) is 90.7 cm³/mol. The van der Waals surface area contributed by atoms with Gasteiger partial charge in [-0.1, -0.05) is 38.8 Å². The van der Waals surface area contributed by atoms with Gasteiger partial charge in [0.15, 0.2) is 0 Å². The molecule has 2 heteroatoms. The molecule has 1 fully saturated rings. The van der Waals surface area contributed by atoms with Crippen molar-refractivity contribution in [3.63, 3.8) is 0 Å². The molecule has 1 aromatic carbocycles. The van der Waals surface area contributed by atoms with Crippen LogP contribution in [0.4, 0.5) is 5.69 Å². The number of hydrogen-bond donors (Lipinski definition) is 2. The molecule has 2 rings (SSSR count). The molecule has 0 aliphatic heterocycles. The normalized spacial score (nSPS) is 22.5. The lowest BCUT2D eigenvalue weighted by molar-refractivity contribution is 0.288. The number of anilines is 1. The van der Waals surface area contributed by atoms with E-state index in [0.717, 1.165) is 24.7 Å². The van der Waals surface area contributed by atoms with Crippen molar-refractivity contribution in [3.05, 3.63) is 29.8 Å². The molecule has 0 heterocycles. The van der Waals surface area contributed by atoms with Gasteiger partial charge in [-0.05, 0) is 61.6 Å². The van der Waals surface area contributed by atoms with E-state index in [0.29, 0.717) is 6.04 Å². The summed E-state index contributed by atoms with van der Waals surface area (Å²) in [4.78, 5) is 0. The summed E-state index contributed by atoms with van der Waals surface area (Å²) in [6, 6.07) is 9.35. The van der Waals surface area contributed by atoms with E-state index in [1.54, 1.807) is 0 Å². The standard InChI is InChI=1S/C19H31NO/c1-15(2)12-17-7-4-10-19(14-17)20-18-9-3-6-16(13-18)8-5-11-21/h3,6,9,13,15,17,19-21H,4-5,7-8,10-12,14H2,1-2H3. The lowest BCUT2D eigenvalue weighted by Gasteiger charge is -2.31. The summed E-state index contributed by atoms with van der Waals surface area (Å²) < 4.78 is 0. The molecule has 0 saturated heterocycles. The van der Waals surface area contributed by atoms with E-state index in [2.05, 4.69) is 43.4 Å². The maximum absolute atomic E-state index is 8.94. The van der Waals surface area contributed by atoms with Gasteiger partial charge in [0.25, 0.3) is 0 Å². The molecule has 2 unspecified atom stereocenters. The van der Waals surface area contributed by atoms with Crippen molar-refractivity contribution in [3.8, 4) is 0 Å². The third-order valence-electron chi connectivity index (χ3n) is 4.51. The van der Waals surface area contributed by atoms with Gasteiger partial charge in [0.2, 0.25) is 0 Å². The Morgan fingerprint density at radius 1 is 1.29 bits per heavy atom. The number of hydrogen-bond acceptors (Lipinski definition) is 2. The van der Waals surface area contributed by atoms with Crippen LogP contribution in [-0.4, -0.2) is 17.8 Å². The van der Waals surface area contributed by atoms with Gasteiger partial charge in [0, 0.05) is 18.3 Å². The maximum atomic E-state index is 8.94. The van der Waals surface area contributed by atoms with E-state index < -0.39 is 0 Å². The molecular weight excluding hydrogens is 258 g/mol. The highest BCUT2D eigenvalue weighted by molar-refractivity contribution is 5.46. The van der Waals surface area contributed by atoms with Crippen molar-refractivity contribution in [2.24, 2.45) is 11.8 Å². The molecule has 1 saturated carbocycles. The molecular formula is C19H31NO. The van der Waals surface area contributed by atoms with Gasteiger partial charge < -0.3 is 10.4 Å². The zero-order valence-electron chi connectivity index (χ0n) is 13.6. The fraction of sp³-hybridized carbons (Fsp3) is 0.684. The zero-order chi connectivity index (χ0) is 15.1. The third-order valence-corrected chi connectivity index (χ3v) is 4.51. The Bertz CT molecular complexity index is 416. The van der Waals surface area contributed by atoms with E-state index in [4.69, 9.17) is 5.11 Å². The quantitative estimate of drug-likeness (QED) is 0.767. The summed E-state index contributed by atoms with van der Waals surface area (Å²) in [5.74, 6) is 1.71. The molecule has 1 aromatic rings. The number of aliphatic hydroxyl groups is 1. The molecule has 0 aromatic heterocycles. The molecule has 1 aliphatic carbocycles. The van der Waals surface area contributed by atoms with Crippen LogP contribution in [0, 0.1) is 11.8 Å². The monoisotopic (exact) mass is 289 g/mol. The van der Waals surface area contributed by atoms with Crippen LogP contribution in [-0.2, 0) is 6.42 Å². The van der Waals surface area contributed by atoms with Crippen molar-refractivity contribution in [1.82, 2.24) is 0 Å². The Morgan fingerprint density at radius 2 is 2.14 bits per heavy atom. The molecule has 0 radical (unpaired) electrons. The van der Waals surface area contributed by atoms with E-state index in [1.165, 1.54) is 43.4 Å². The van der Waals surface area contributed by atoms with Crippen LogP contribution in [0.2, 0.25) is 0 Å². The predicted octanol–water partition coefficient (Wildman–Crippen LogP) is 4.63. The Labute approximate surface area is 130 Å². The van der Waals surface area contributed by atoms with Gasteiger partial charge in [-0.15, -0.1) is 0 Å². The highest BCUT2D eigenvalue weighted by Gasteiger charge is 2.22. The van der Waals surface area contributed by atoms with E-state index in [-0.39, 0.29) is 6.61 Å². The van der Waals surface area contributed by atoms with Gasteiger partial charge in [0.05, 0.1) is 0 Å². The van der Waals surface area contributed by atoms with E-state index >= 15 is 0 Å². The molecule has 0 bridgehead atoms. The van der Waals surface area contributed by atoms with Crippen LogP contribution in [0.1, 0.15) is 57.9 Å². The number of nitrogens with one attached hydrogen (secondary N) is 1. The molecule has 0 spiro atoms. The Kier molecular flexibility index (Phi) is 6.56. The fourth-order valence-electron chi connectivity index (χ4n) is 3.64. The van der Waals surface area contributed by atoms with Crippen molar-refractivity contribution in [1.29, 1.82) is 0 Å². The number of aliphatic hydroxyl groups excluding tert-OH is 1. The molecule has 118 valence electrons. The molecule has 2 N–H and O–H groups in total. The maximum Gasteiger partial charge on any atom is 0.0434 e. The lowest BCUT2D eigenvalue weighted by atomic mass is 9.81. The van der Waals surface area contributed by atoms with E-state index in [1.807, 2.05) is 0 Å². The first-order valence-corrected chi connectivity index (χ1v) is 8.63. The SMILES string of the molecule is CC(C)CC1CCCC(Nc2cccc(CCCO)c2)C1. The highest BCUT2D eigenvalue weighted by Crippen LogP contribution is 2.31. The summed E-state index contributed by atoms with van der Waals surface area (Å²) in [5.41, 5.74) is 2.57. The highest BCUT2D eigenvalue weighted by atomic mass is 16.2. The fourth-order valence-corrected chi connectivity index (χ4v) is 3.64. The summed E-state index contributed by atoms with van der Waals surface area (Å²) in [6.07, 6.45) is 8.57. The van der Waals surface area contributed by atoms with Crippen LogP contribution in [0.25, 0.3) is 0 Å². The molecule has 1 aliphatic rings. The largest absolute Gasteiger partial charge is 0.396 e. The average molecular weight is 289 g/mol. The average Bonchev–Trinajstić information content (AvgIpc) is 2.45. The minimum Gasteiger partial charge on any atom is -0.396 e. The van der Waals surface area contributed by atoms with Crippen molar-refractivity contribution in [2.75, 3.05) is 11.9 Å². The lowest BCUT2D eigenvalue weighted by Crippen LogP contribution is -2.28. The van der Waals surface area contributed by atoms with Gasteiger partial charge >= 0.3 is 0 Å². The number of aryl methyl sites for hydroxylation is 1. The van der Waals surface area contributed by atoms with Gasteiger partial charge in [-0.3, -0.25) is 0 Å². The third kappa shape index (κ3) is 5.70. The summed E-state index contributed by atoms with van der Waals surface area (Å²) in [5, 5.41) is 12.7. The van der Waals surface area contributed by atoms with Gasteiger partial charge in [0.1, 0.15) is 0 Å². The summed E-state index contributed by atoms with van der Waals surface area (Å²) >= 11 is 0. The second-order valence-electron chi connectivity index (χ2n) is 7.03. The summed E-state index contributed by atoms with van der Waals surface area (Å²) in [7, 11) is 0. The Hall–Kier alpha value is -1.02.